The average Bonchev–Trinajstić information content (AvgIpc) is 2.98. The molecular weight excluding hydrogens is 272 g/mol. The summed E-state index contributed by atoms with van der Waals surface area (Å²) in [5, 5.41) is 4.02. The summed E-state index contributed by atoms with van der Waals surface area (Å²) in [4.78, 5) is 2.02. The third-order valence-corrected chi connectivity index (χ3v) is 3.91. The molecule has 0 bridgehead atoms. The zero-order valence-electron chi connectivity index (χ0n) is 12.1. The van der Waals surface area contributed by atoms with Crippen LogP contribution in [-0.4, -0.2) is 43.4 Å². The molecule has 4 nitrogen and oxygen atoms in total. The molecule has 1 aliphatic heterocycles. The molecule has 0 spiro atoms. The molecule has 1 fully saturated rings. The summed E-state index contributed by atoms with van der Waals surface area (Å²) in [6.45, 7) is 2.38. The van der Waals surface area contributed by atoms with Crippen molar-refractivity contribution >= 4 is 17.3 Å². The monoisotopic (exact) mass is 294 g/mol. The predicted molar refractivity (Wildman–Crippen MR) is 84.0 cm³/mol. The van der Waals surface area contributed by atoms with Gasteiger partial charge in [0.2, 0.25) is 0 Å². The van der Waals surface area contributed by atoms with Gasteiger partial charge >= 0.3 is 0 Å². The number of hydrogen-bond acceptors (Lipinski definition) is 3. The maximum Gasteiger partial charge on any atom is 0.169 e. The summed E-state index contributed by atoms with van der Waals surface area (Å²) in [5.74, 6) is 0.890. The van der Waals surface area contributed by atoms with Crippen molar-refractivity contribution < 1.29 is 9.47 Å². The SMILES string of the molecule is COc1ccccc1CN(C)C(=S)NCC1CCCO1. The number of nitrogens with zero attached hydrogens (tertiary/aromatic N) is 1. The van der Waals surface area contributed by atoms with Gasteiger partial charge in [-0.3, -0.25) is 0 Å². The summed E-state index contributed by atoms with van der Waals surface area (Å²) in [6.07, 6.45) is 2.56. The van der Waals surface area contributed by atoms with Gasteiger partial charge in [0, 0.05) is 32.3 Å². The Labute approximate surface area is 126 Å². The van der Waals surface area contributed by atoms with Crippen LogP contribution in [0.1, 0.15) is 18.4 Å². The molecule has 1 aromatic carbocycles. The minimum atomic E-state index is 0.299. The first-order valence-electron chi connectivity index (χ1n) is 6.93. The van der Waals surface area contributed by atoms with Crippen LogP contribution in [0.4, 0.5) is 0 Å². The van der Waals surface area contributed by atoms with E-state index in [1.807, 2.05) is 30.1 Å². The number of thiocarbonyl (C=S) groups is 1. The summed E-state index contributed by atoms with van der Waals surface area (Å²) in [6, 6.07) is 7.99. The van der Waals surface area contributed by atoms with E-state index in [-0.39, 0.29) is 0 Å². The molecule has 1 unspecified atom stereocenters. The van der Waals surface area contributed by atoms with Crippen molar-refractivity contribution in [3.63, 3.8) is 0 Å². The van der Waals surface area contributed by atoms with Crippen molar-refractivity contribution in [3.05, 3.63) is 29.8 Å². The lowest BCUT2D eigenvalue weighted by atomic mass is 10.2. The van der Waals surface area contributed by atoms with Gasteiger partial charge in [-0.15, -0.1) is 0 Å². The Hall–Kier alpha value is -1.33. The highest BCUT2D eigenvalue weighted by Gasteiger charge is 2.16. The van der Waals surface area contributed by atoms with Gasteiger partial charge in [-0.2, -0.15) is 0 Å². The van der Waals surface area contributed by atoms with Crippen LogP contribution in [0.5, 0.6) is 5.75 Å². The Morgan fingerprint density at radius 1 is 1.50 bits per heavy atom. The Balaban J connectivity index is 1.83. The number of ether oxygens (including phenoxy) is 2. The number of methoxy groups -OCH3 is 1. The van der Waals surface area contributed by atoms with E-state index >= 15 is 0 Å². The number of rotatable bonds is 5. The lowest BCUT2D eigenvalue weighted by Gasteiger charge is -2.23. The predicted octanol–water partition coefficient (Wildman–Crippen LogP) is 2.18. The van der Waals surface area contributed by atoms with Crippen molar-refractivity contribution in [1.29, 1.82) is 0 Å². The number of para-hydroxylation sites is 1. The van der Waals surface area contributed by atoms with E-state index in [4.69, 9.17) is 21.7 Å². The van der Waals surface area contributed by atoms with Crippen LogP contribution in [0, 0.1) is 0 Å². The highest BCUT2D eigenvalue weighted by Crippen LogP contribution is 2.18. The normalized spacial score (nSPS) is 17.8. The van der Waals surface area contributed by atoms with Gasteiger partial charge in [-0.05, 0) is 31.1 Å². The second-order valence-electron chi connectivity index (χ2n) is 4.99. The van der Waals surface area contributed by atoms with E-state index < -0.39 is 0 Å². The van der Waals surface area contributed by atoms with Crippen molar-refractivity contribution in [2.24, 2.45) is 0 Å². The van der Waals surface area contributed by atoms with Crippen molar-refractivity contribution in [2.75, 3.05) is 27.3 Å². The lowest BCUT2D eigenvalue weighted by molar-refractivity contribution is 0.113. The van der Waals surface area contributed by atoms with E-state index in [9.17, 15) is 0 Å². The highest BCUT2D eigenvalue weighted by atomic mass is 32.1. The van der Waals surface area contributed by atoms with Gasteiger partial charge in [0.15, 0.2) is 5.11 Å². The molecule has 1 N–H and O–H groups in total. The molecule has 2 rings (SSSR count). The summed E-state index contributed by atoms with van der Waals surface area (Å²) in [7, 11) is 3.67. The average molecular weight is 294 g/mol. The van der Waals surface area contributed by atoms with Crippen LogP contribution in [-0.2, 0) is 11.3 Å². The highest BCUT2D eigenvalue weighted by molar-refractivity contribution is 7.80. The van der Waals surface area contributed by atoms with Crippen molar-refractivity contribution in [2.45, 2.75) is 25.5 Å². The molecule has 5 heteroatoms. The molecule has 1 aliphatic rings. The number of nitrogens with one attached hydrogen (secondary N) is 1. The minimum Gasteiger partial charge on any atom is -0.496 e. The van der Waals surface area contributed by atoms with E-state index in [1.165, 1.54) is 0 Å². The Kier molecular flexibility index (Phi) is 5.61. The fraction of sp³-hybridized carbons (Fsp3) is 0.533. The first kappa shape index (κ1) is 15.1. The third kappa shape index (κ3) is 4.08. The minimum absolute atomic E-state index is 0.299. The fourth-order valence-electron chi connectivity index (χ4n) is 2.30. The van der Waals surface area contributed by atoms with Crippen LogP contribution >= 0.6 is 12.2 Å². The van der Waals surface area contributed by atoms with Crippen molar-refractivity contribution in [1.82, 2.24) is 10.2 Å². The molecular formula is C15H22N2O2S. The first-order chi connectivity index (χ1) is 9.70. The molecule has 1 aromatic rings. The molecule has 1 atom stereocenters. The van der Waals surface area contributed by atoms with Crippen LogP contribution < -0.4 is 10.1 Å². The summed E-state index contributed by atoms with van der Waals surface area (Å²) < 4.78 is 10.9. The van der Waals surface area contributed by atoms with E-state index in [0.29, 0.717) is 6.10 Å². The zero-order valence-corrected chi connectivity index (χ0v) is 12.9. The van der Waals surface area contributed by atoms with E-state index in [0.717, 1.165) is 49.0 Å². The van der Waals surface area contributed by atoms with Gasteiger partial charge in [-0.1, -0.05) is 18.2 Å². The Bertz CT molecular complexity index is 447. The fourth-order valence-corrected chi connectivity index (χ4v) is 2.45. The molecule has 0 aromatic heterocycles. The van der Waals surface area contributed by atoms with Gasteiger partial charge in [0.1, 0.15) is 5.75 Å². The number of hydrogen-bond donors (Lipinski definition) is 1. The molecule has 20 heavy (non-hydrogen) atoms. The molecule has 0 amide bonds. The van der Waals surface area contributed by atoms with Crippen LogP contribution in [0.15, 0.2) is 24.3 Å². The van der Waals surface area contributed by atoms with Crippen LogP contribution in [0.25, 0.3) is 0 Å². The standard InChI is InChI=1S/C15H22N2O2S/c1-17(11-12-6-3-4-8-14(12)18-2)15(20)16-10-13-7-5-9-19-13/h3-4,6,8,13H,5,7,9-11H2,1-2H3,(H,16,20). The van der Waals surface area contributed by atoms with Crippen molar-refractivity contribution in [3.8, 4) is 5.75 Å². The van der Waals surface area contributed by atoms with Crippen LogP contribution in [0.2, 0.25) is 0 Å². The van der Waals surface area contributed by atoms with Gasteiger partial charge in [0.25, 0.3) is 0 Å². The zero-order chi connectivity index (χ0) is 14.4. The summed E-state index contributed by atoms with van der Waals surface area (Å²) >= 11 is 5.41. The molecule has 0 radical (unpaired) electrons. The third-order valence-electron chi connectivity index (χ3n) is 3.45. The maximum absolute atomic E-state index is 5.58. The maximum atomic E-state index is 5.58. The van der Waals surface area contributed by atoms with Gasteiger partial charge in [0.05, 0.1) is 13.2 Å². The smallest absolute Gasteiger partial charge is 0.169 e. The summed E-state index contributed by atoms with van der Waals surface area (Å²) in [5.41, 5.74) is 1.12. The van der Waals surface area contributed by atoms with E-state index in [2.05, 4.69) is 11.4 Å². The van der Waals surface area contributed by atoms with Crippen LogP contribution in [0.3, 0.4) is 0 Å². The molecule has 1 heterocycles. The Morgan fingerprint density at radius 3 is 3.00 bits per heavy atom. The van der Waals surface area contributed by atoms with Gasteiger partial charge in [-0.25, -0.2) is 0 Å². The Morgan fingerprint density at radius 2 is 2.30 bits per heavy atom. The largest absolute Gasteiger partial charge is 0.496 e. The quantitative estimate of drug-likeness (QED) is 0.842. The molecule has 0 saturated carbocycles. The second kappa shape index (κ2) is 7.45. The van der Waals surface area contributed by atoms with E-state index in [1.54, 1.807) is 7.11 Å². The number of benzene rings is 1. The molecule has 110 valence electrons. The first-order valence-corrected chi connectivity index (χ1v) is 7.34. The molecule has 0 aliphatic carbocycles. The molecule has 1 saturated heterocycles. The van der Waals surface area contributed by atoms with Gasteiger partial charge < -0.3 is 19.7 Å². The lowest BCUT2D eigenvalue weighted by Crippen LogP contribution is -2.40. The topological polar surface area (TPSA) is 33.7 Å². The second-order valence-corrected chi connectivity index (χ2v) is 5.38.